The average molecular weight is 428 g/mol. The van der Waals surface area contributed by atoms with E-state index in [9.17, 15) is 10.1 Å². The number of benzene rings is 2. The van der Waals surface area contributed by atoms with Crippen LogP contribution in [0.25, 0.3) is 22.2 Å². The predicted octanol–water partition coefficient (Wildman–Crippen LogP) is 7.13. The van der Waals surface area contributed by atoms with Gasteiger partial charge in [0.2, 0.25) is 0 Å². The number of aromatic nitrogens is 1. The molecule has 1 aromatic heterocycles. The number of hydrogen-bond acceptors (Lipinski definition) is 3. The summed E-state index contributed by atoms with van der Waals surface area (Å²) < 4.78 is 7.75. The van der Waals surface area contributed by atoms with Crippen LogP contribution in [0.15, 0.2) is 42.5 Å². The highest BCUT2D eigenvalue weighted by Crippen LogP contribution is 2.45. The van der Waals surface area contributed by atoms with Crippen molar-refractivity contribution in [1.82, 2.24) is 4.57 Å². The van der Waals surface area contributed by atoms with Crippen LogP contribution in [0.1, 0.15) is 76.0 Å². The summed E-state index contributed by atoms with van der Waals surface area (Å²) in [6.45, 7) is 5.52. The molecule has 0 radical (unpaired) electrons. The molecule has 2 aromatic carbocycles. The molecular formula is C27H29N3O2. The molecule has 5 rings (SSSR count). The quantitative estimate of drug-likeness (QED) is 0.481. The molecule has 0 bridgehead atoms. The number of ether oxygens (including phenoxy) is 1. The third-order valence-electron chi connectivity index (χ3n) is 6.43. The van der Waals surface area contributed by atoms with E-state index in [0.717, 1.165) is 35.0 Å². The molecule has 1 heterocycles. The van der Waals surface area contributed by atoms with Gasteiger partial charge < -0.3 is 9.30 Å². The number of anilines is 1. The van der Waals surface area contributed by atoms with Crippen LogP contribution in [0, 0.1) is 11.3 Å². The first-order valence-electron chi connectivity index (χ1n) is 11.5. The van der Waals surface area contributed by atoms with Gasteiger partial charge in [0.25, 0.3) is 0 Å². The van der Waals surface area contributed by atoms with E-state index in [0.29, 0.717) is 17.6 Å². The summed E-state index contributed by atoms with van der Waals surface area (Å²) in [5.74, 6) is 0.677. The summed E-state index contributed by atoms with van der Waals surface area (Å²) in [5.41, 5.74) is 5.42. The van der Waals surface area contributed by atoms with Gasteiger partial charge >= 0.3 is 6.09 Å². The molecule has 1 N–H and O–H groups in total. The second kappa shape index (κ2) is 7.70. The summed E-state index contributed by atoms with van der Waals surface area (Å²) in [6, 6.07) is 17.3. The van der Waals surface area contributed by atoms with E-state index in [1.54, 1.807) is 0 Å². The van der Waals surface area contributed by atoms with Crippen LogP contribution in [0.4, 0.5) is 10.5 Å². The Balaban J connectivity index is 1.54. The van der Waals surface area contributed by atoms with Gasteiger partial charge in [-0.25, -0.2) is 4.79 Å². The Hall–Kier alpha value is -3.26. The maximum Gasteiger partial charge on any atom is 0.412 e. The SMILES string of the molecule is CC(C)(C)OC(=O)Nc1ccc(-c2c(C#N)c3ccc(C4CC4)cc3n2C2CCC2)cc1. The van der Waals surface area contributed by atoms with Crippen molar-refractivity contribution in [2.45, 2.75) is 70.4 Å². The van der Waals surface area contributed by atoms with Crippen molar-refractivity contribution in [3.8, 4) is 17.3 Å². The van der Waals surface area contributed by atoms with Crippen molar-refractivity contribution >= 4 is 22.7 Å². The van der Waals surface area contributed by atoms with E-state index in [2.05, 4.69) is 34.2 Å². The van der Waals surface area contributed by atoms with Gasteiger partial charge in [0.15, 0.2) is 0 Å². The monoisotopic (exact) mass is 427 g/mol. The van der Waals surface area contributed by atoms with Gasteiger partial charge in [-0.2, -0.15) is 5.26 Å². The second-order valence-electron chi connectivity index (χ2n) is 10.0. The third kappa shape index (κ3) is 3.86. The number of amides is 1. The van der Waals surface area contributed by atoms with Gasteiger partial charge in [-0.3, -0.25) is 5.32 Å². The van der Waals surface area contributed by atoms with Crippen LogP contribution in [0.5, 0.6) is 0 Å². The van der Waals surface area contributed by atoms with E-state index in [4.69, 9.17) is 4.74 Å². The molecule has 5 nitrogen and oxygen atoms in total. The minimum atomic E-state index is -0.547. The van der Waals surface area contributed by atoms with E-state index < -0.39 is 11.7 Å². The number of fused-ring (bicyclic) bond motifs is 1. The van der Waals surface area contributed by atoms with Gasteiger partial charge in [-0.05, 0) is 88.1 Å². The number of nitrogens with zero attached hydrogens (tertiary/aromatic N) is 2. The minimum absolute atomic E-state index is 0.434. The summed E-state index contributed by atoms with van der Waals surface area (Å²) in [6.07, 6.45) is 5.58. The Morgan fingerprint density at radius 1 is 1.09 bits per heavy atom. The number of rotatable bonds is 4. The van der Waals surface area contributed by atoms with E-state index >= 15 is 0 Å². The number of hydrogen-bond donors (Lipinski definition) is 1. The summed E-state index contributed by atoms with van der Waals surface area (Å²) in [7, 11) is 0. The summed E-state index contributed by atoms with van der Waals surface area (Å²) >= 11 is 0. The van der Waals surface area contributed by atoms with Crippen LogP contribution in [-0.2, 0) is 4.74 Å². The fourth-order valence-electron chi connectivity index (χ4n) is 4.55. The highest BCUT2D eigenvalue weighted by Gasteiger charge is 2.30. The topological polar surface area (TPSA) is 67.0 Å². The van der Waals surface area contributed by atoms with Crippen molar-refractivity contribution in [3.05, 3.63) is 53.6 Å². The lowest BCUT2D eigenvalue weighted by Gasteiger charge is -2.30. The van der Waals surface area contributed by atoms with Crippen molar-refractivity contribution in [2.75, 3.05) is 5.32 Å². The zero-order chi connectivity index (χ0) is 22.5. The van der Waals surface area contributed by atoms with Gasteiger partial charge in [-0.15, -0.1) is 0 Å². The Morgan fingerprint density at radius 2 is 1.81 bits per heavy atom. The van der Waals surface area contributed by atoms with Gasteiger partial charge in [-0.1, -0.05) is 24.3 Å². The largest absolute Gasteiger partial charge is 0.444 e. The lowest BCUT2D eigenvalue weighted by atomic mass is 9.92. The van der Waals surface area contributed by atoms with Gasteiger partial charge in [0.05, 0.1) is 16.8 Å². The van der Waals surface area contributed by atoms with E-state index in [1.807, 2.05) is 45.0 Å². The molecule has 164 valence electrons. The molecule has 3 aromatic rings. The van der Waals surface area contributed by atoms with Crippen LogP contribution in [0.3, 0.4) is 0 Å². The smallest absolute Gasteiger partial charge is 0.412 e. The second-order valence-corrected chi connectivity index (χ2v) is 10.0. The van der Waals surface area contributed by atoms with Crippen LogP contribution in [-0.4, -0.2) is 16.3 Å². The minimum Gasteiger partial charge on any atom is -0.444 e. The predicted molar refractivity (Wildman–Crippen MR) is 127 cm³/mol. The molecule has 0 atom stereocenters. The standard InChI is InChI=1S/C27H29N3O2/c1-27(2,3)32-26(31)29-20-12-9-18(10-13-20)25-23(16-28)22-14-11-19(17-7-8-17)15-24(22)30(25)21-5-4-6-21/h9-15,17,21H,4-8H2,1-3H3,(H,29,31). The fraction of sp³-hybridized carbons (Fsp3) is 0.407. The Kier molecular flexibility index (Phi) is 4.97. The molecule has 0 saturated heterocycles. The van der Waals surface area contributed by atoms with Gasteiger partial charge in [0, 0.05) is 17.1 Å². The maximum absolute atomic E-state index is 12.1. The molecule has 0 aliphatic heterocycles. The number of nitriles is 1. The highest BCUT2D eigenvalue weighted by atomic mass is 16.6. The zero-order valence-electron chi connectivity index (χ0n) is 18.9. The molecule has 2 saturated carbocycles. The molecule has 1 amide bonds. The highest BCUT2D eigenvalue weighted by molar-refractivity contribution is 5.95. The lowest BCUT2D eigenvalue weighted by Crippen LogP contribution is -2.27. The fourth-order valence-corrected chi connectivity index (χ4v) is 4.55. The van der Waals surface area contributed by atoms with Crippen molar-refractivity contribution in [3.63, 3.8) is 0 Å². The third-order valence-corrected chi connectivity index (χ3v) is 6.43. The van der Waals surface area contributed by atoms with Crippen LogP contribution < -0.4 is 5.32 Å². The van der Waals surface area contributed by atoms with Crippen LogP contribution >= 0.6 is 0 Å². The Bertz CT molecular complexity index is 1220. The average Bonchev–Trinajstić information content (AvgIpc) is 3.49. The molecule has 2 aliphatic rings. The maximum atomic E-state index is 12.1. The Labute approximate surface area is 189 Å². The number of nitrogens with one attached hydrogen (secondary N) is 1. The first kappa shape index (κ1) is 20.6. The molecule has 2 aliphatic carbocycles. The molecular weight excluding hydrogens is 398 g/mol. The number of carbonyl (C=O) groups excluding carboxylic acids is 1. The molecule has 0 spiro atoms. The summed E-state index contributed by atoms with van der Waals surface area (Å²) in [5, 5.41) is 13.9. The van der Waals surface area contributed by atoms with Crippen LogP contribution in [0.2, 0.25) is 0 Å². The number of carbonyl (C=O) groups is 1. The lowest BCUT2D eigenvalue weighted by molar-refractivity contribution is 0.0636. The zero-order valence-corrected chi connectivity index (χ0v) is 18.9. The van der Waals surface area contributed by atoms with Crippen molar-refractivity contribution in [1.29, 1.82) is 5.26 Å². The van der Waals surface area contributed by atoms with Crippen molar-refractivity contribution in [2.24, 2.45) is 0 Å². The first-order valence-corrected chi connectivity index (χ1v) is 11.5. The molecule has 2 fully saturated rings. The van der Waals surface area contributed by atoms with E-state index in [-0.39, 0.29) is 0 Å². The first-order chi connectivity index (χ1) is 15.3. The van der Waals surface area contributed by atoms with E-state index in [1.165, 1.54) is 30.3 Å². The molecule has 0 unspecified atom stereocenters. The van der Waals surface area contributed by atoms with Gasteiger partial charge in [0.1, 0.15) is 11.7 Å². The normalized spacial score (nSPS) is 16.4. The molecule has 5 heteroatoms. The Morgan fingerprint density at radius 3 is 2.38 bits per heavy atom. The summed E-state index contributed by atoms with van der Waals surface area (Å²) in [4.78, 5) is 12.1. The molecule has 32 heavy (non-hydrogen) atoms. The van der Waals surface area contributed by atoms with Crippen molar-refractivity contribution < 1.29 is 9.53 Å².